The van der Waals surface area contributed by atoms with Crippen molar-refractivity contribution in [3.05, 3.63) is 28.3 Å². The van der Waals surface area contributed by atoms with Crippen LogP contribution in [0.5, 0.6) is 5.75 Å². The molecule has 0 amide bonds. The molecule has 0 spiro atoms. The maximum atomic E-state index is 13.0. The number of hydrogen-bond acceptors (Lipinski definition) is 6. The standard InChI is InChI=1S/C16H25N3O5S/c1-17(2)11-12-24-15-8-7-14(19(20)21)13-16(15)25(22,23)18-9-5-3-4-6-10-18/h7-8,13H,3-6,9-12H2,1-2H3. The van der Waals surface area contributed by atoms with Crippen LogP contribution < -0.4 is 4.74 Å². The van der Waals surface area contributed by atoms with Gasteiger partial charge in [-0.25, -0.2) is 8.42 Å². The van der Waals surface area contributed by atoms with Crippen LogP contribution in [0.15, 0.2) is 23.1 Å². The Balaban J connectivity index is 2.36. The smallest absolute Gasteiger partial charge is 0.271 e. The number of likely N-dealkylation sites (N-methyl/N-ethyl adjacent to an activating group) is 1. The summed E-state index contributed by atoms with van der Waals surface area (Å²) in [7, 11) is -0.0664. The van der Waals surface area contributed by atoms with Crippen molar-refractivity contribution in [2.24, 2.45) is 0 Å². The van der Waals surface area contributed by atoms with Gasteiger partial charge < -0.3 is 9.64 Å². The van der Waals surface area contributed by atoms with Gasteiger partial charge in [0.1, 0.15) is 17.3 Å². The predicted molar refractivity (Wildman–Crippen MR) is 94.4 cm³/mol. The van der Waals surface area contributed by atoms with Crippen LogP contribution in [0.3, 0.4) is 0 Å². The quantitative estimate of drug-likeness (QED) is 0.538. The lowest BCUT2D eigenvalue weighted by Crippen LogP contribution is -2.32. The Kier molecular flexibility index (Phi) is 6.74. The first kappa shape index (κ1) is 19.6. The van der Waals surface area contributed by atoms with Crippen LogP contribution in [0.4, 0.5) is 5.69 Å². The molecule has 1 aromatic rings. The van der Waals surface area contributed by atoms with Crippen LogP contribution in [0.1, 0.15) is 25.7 Å². The molecular weight excluding hydrogens is 346 g/mol. The molecule has 1 fully saturated rings. The summed E-state index contributed by atoms with van der Waals surface area (Å²) in [5, 5.41) is 11.1. The zero-order valence-electron chi connectivity index (χ0n) is 14.7. The van der Waals surface area contributed by atoms with Crippen LogP contribution in [-0.2, 0) is 10.0 Å². The molecule has 0 bridgehead atoms. The molecule has 25 heavy (non-hydrogen) atoms. The summed E-state index contributed by atoms with van der Waals surface area (Å²) < 4.78 is 33.1. The summed E-state index contributed by atoms with van der Waals surface area (Å²) in [5.41, 5.74) is -0.256. The third-order valence-electron chi connectivity index (χ3n) is 4.12. The SMILES string of the molecule is CN(C)CCOc1ccc([N+](=O)[O-])cc1S(=O)(=O)N1CCCCCC1. The normalized spacial score (nSPS) is 16.6. The van der Waals surface area contributed by atoms with E-state index in [9.17, 15) is 18.5 Å². The third kappa shape index (κ3) is 5.13. The van der Waals surface area contributed by atoms with E-state index < -0.39 is 14.9 Å². The number of nitro groups is 1. The fourth-order valence-corrected chi connectivity index (χ4v) is 4.36. The number of nitrogens with zero attached hydrogens (tertiary/aromatic N) is 3. The molecule has 0 aliphatic carbocycles. The lowest BCUT2D eigenvalue weighted by atomic mass is 10.2. The molecule has 1 aromatic carbocycles. The van der Waals surface area contributed by atoms with Gasteiger partial charge in [-0.15, -0.1) is 0 Å². The van der Waals surface area contributed by atoms with Crippen molar-refractivity contribution in [1.82, 2.24) is 9.21 Å². The molecule has 0 radical (unpaired) electrons. The van der Waals surface area contributed by atoms with Crippen molar-refractivity contribution in [1.29, 1.82) is 0 Å². The van der Waals surface area contributed by atoms with Crippen molar-refractivity contribution < 1.29 is 18.1 Å². The predicted octanol–water partition coefficient (Wildman–Crippen LogP) is 2.10. The summed E-state index contributed by atoms with van der Waals surface area (Å²) in [5.74, 6) is 0.164. The first-order chi connectivity index (χ1) is 11.8. The topological polar surface area (TPSA) is 93.0 Å². The Labute approximate surface area is 148 Å². The molecule has 0 saturated carbocycles. The van der Waals surface area contributed by atoms with E-state index in [1.165, 1.54) is 16.4 Å². The average molecular weight is 371 g/mol. The van der Waals surface area contributed by atoms with E-state index in [-0.39, 0.29) is 16.3 Å². The van der Waals surface area contributed by atoms with E-state index in [4.69, 9.17) is 4.74 Å². The summed E-state index contributed by atoms with van der Waals surface area (Å²) in [6.07, 6.45) is 3.58. The van der Waals surface area contributed by atoms with E-state index in [1.54, 1.807) is 0 Å². The lowest BCUT2D eigenvalue weighted by molar-refractivity contribution is -0.385. The van der Waals surface area contributed by atoms with Gasteiger partial charge in [0.25, 0.3) is 5.69 Å². The number of benzene rings is 1. The first-order valence-electron chi connectivity index (χ1n) is 8.38. The molecule has 1 aliphatic rings. The van der Waals surface area contributed by atoms with Crippen LogP contribution in [0.25, 0.3) is 0 Å². The summed E-state index contributed by atoms with van der Waals surface area (Å²) in [6.45, 7) is 1.78. The molecular formula is C16H25N3O5S. The van der Waals surface area contributed by atoms with Gasteiger partial charge in [-0.05, 0) is 33.0 Å². The molecule has 1 aliphatic heterocycles. The molecule has 0 atom stereocenters. The molecule has 0 unspecified atom stereocenters. The highest BCUT2D eigenvalue weighted by atomic mass is 32.2. The van der Waals surface area contributed by atoms with Crippen molar-refractivity contribution in [3.63, 3.8) is 0 Å². The Morgan fingerprint density at radius 2 is 1.84 bits per heavy atom. The number of rotatable bonds is 7. The highest BCUT2D eigenvalue weighted by molar-refractivity contribution is 7.89. The zero-order chi connectivity index (χ0) is 18.4. The number of non-ortho nitro benzene ring substituents is 1. The molecule has 1 saturated heterocycles. The van der Waals surface area contributed by atoms with Gasteiger partial charge in [0.2, 0.25) is 10.0 Å². The van der Waals surface area contributed by atoms with Crippen LogP contribution in [0, 0.1) is 10.1 Å². The lowest BCUT2D eigenvalue weighted by Gasteiger charge is -2.22. The second-order valence-corrected chi connectivity index (χ2v) is 8.26. The van der Waals surface area contributed by atoms with E-state index in [1.807, 2.05) is 19.0 Å². The highest BCUT2D eigenvalue weighted by Crippen LogP contribution is 2.31. The fourth-order valence-electron chi connectivity index (χ4n) is 2.69. The molecule has 0 aromatic heterocycles. The third-order valence-corrected chi connectivity index (χ3v) is 6.04. The number of sulfonamides is 1. The zero-order valence-corrected chi connectivity index (χ0v) is 15.5. The van der Waals surface area contributed by atoms with Crippen molar-refractivity contribution in [2.75, 3.05) is 40.3 Å². The van der Waals surface area contributed by atoms with E-state index in [0.29, 0.717) is 26.2 Å². The van der Waals surface area contributed by atoms with E-state index in [2.05, 4.69) is 0 Å². The molecule has 140 valence electrons. The van der Waals surface area contributed by atoms with Gasteiger partial charge in [0.15, 0.2) is 0 Å². The summed E-state index contributed by atoms with van der Waals surface area (Å²) >= 11 is 0. The second kappa shape index (κ2) is 8.59. The Hall–Kier alpha value is -1.71. The minimum absolute atomic E-state index is 0.123. The molecule has 9 heteroatoms. The number of hydrogen-bond donors (Lipinski definition) is 0. The van der Waals surface area contributed by atoms with Gasteiger partial charge >= 0.3 is 0 Å². The minimum atomic E-state index is -3.83. The molecule has 8 nitrogen and oxygen atoms in total. The van der Waals surface area contributed by atoms with Gasteiger partial charge in [0.05, 0.1) is 4.92 Å². The molecule has 0 N–H and O–H groups in total. The van der Waals surface area contributed by atoms with Crippen molar-refractivity contribution >= 4 is 15.7 Å². The monoisotopic (exact) mass is 371 g/mol. The maximum absolute atomic E-state index is 13.0. The van der Waals surface area contributed by atoms with Crippen LogP contribution >= 0.6 is 0 Å². The van der Waals surface area contributed by atoms with Crippen LogP contribution in [0.2, 0.25) is 0 Å². The van der Waals surface area contributed by atoms with E-state index >= 15 is 0 Å². The minimum Gasteiger partial charge on any atom is -0.491 e. The second-order valence-electron chi connectivity index (χ2n) is 6.36. The Morgan fingerprint density at radius 1 is 1.20 bits per heavy atom. The van der Waals surface area contributed by atoms with Gasteiger partial charge in [-0.3, -0.25) is 10.1 Å². The number of nitro benzene ring substituents is 1. The van der Waals surface area contributed by atoms with Gasteiger partial charge in [-0.2, -0.15) is 4.31 Å². The molecule has 2 rings (SSSR count). The summed E-state index contributed by atoms with van der Waals surface area (Å²) in [4.78, 5) is 12.3. The average Bonchev–Trinajstić information content (AvgIpc) is 2.84. The first-order valence-corrected chi connectivity index (χ1v) is 9.82. The van der Waals surface area contributed by atoms with Gasteiger partial charge in [0, 0.05) is 31.8 Å². The highest BCUT2D eigenvalue weighted by Gasteiger charge is 2.30. The van der Waals surface area contributed by atoms with Crippen molar-refractivity contribution in [2.45, 2.75) is 30.6 Å². The molecule has 1 heterocycles. The van der Waals surface area contributed by atoms with Crippen LogP contribution in [-0.4, -0.2) is 62.9 Å². The fraction of sp³-hybridized carbons (Fsp3) is 0.625. The Morgan fingerprint density at radius 3 is 2.40 bits per heavy atom. The largest absolute Gasteiger partial charge is 0.491 e. The van der Waals surface area contributed by atoms with Crippen molar-refractivity contribution in [3.8, 4) is 5.75 Å². The maximum Gasteiger partial charge on any atom is 0.271 e. The Bertz CT molecular complexity index is 698. The number of ether oxygens (including phenoxy) is 1. The van der Waals surface area contributed by atoms with Gasteiger partial charge in [-0.1, -0.05) is 12.8 Å². The van der Waals surface area contributed by atoms with E-state index in [0.717, 1.165) is 31.7 Å². The summed E-state index contributed by atoms with van der Waals surface area (Å²) in [6, 6.07) is 3.75.